The van der Waals surface area contributed by atoms with Crippen molar-refractivity contribution >= 4 is 23.1 Å². The molecule has 1 N–H and O–H groups in total. The predicted octanol–water partition coefficient (Wildman–Crippen LogP) is 4.77. The largest absolute Gasteiger partial charge is 0.327 e. The number of halogens is 2. The number of nitrogens with one attached hydrogen (secondary N) is 1. The Morgan fingerprint density at radius 2 is 1.81 bits per heavy atom. The van der Waals surface area contributed by atoms with Crippen molar-refractivity contribution in [2.24, 2.45) is 0 Å². The zero-order valence-corrected chi connectivity index (χ0v) is 14.1. The maximum atomic E-state index is 13.3. The minimum atomic E-state index is -1.01. The lowest BCUT2D eigenvalue weighted by Crippen LogP contribution is -2.19. The number of carbonyl (C=O) groups excluding carboxylic acids is 1. The molecule has 2 aromatic carbocycles. The Hall–Kier alpha value is -3.28. The summed E-state index contributed by atoms with van der Waals surface area (Å²) in [6.45, 7) is 2.66. The summed E-state index contributed by atoms with van der Waals surface area (Å²) in [7, 11) is 0. The fourth-order valence-corrected chi connectivity index (χ4v) is 2.57. The average molecular weight is 353 g/mol. The summed E-state index contributed by atoms with van der Waals surface area (Å²) < 4.78 is 26.3. The summed E-state index contributed by atoms with van der Waals surface area (Å²) in [6.07, 6.45) is 1.54. The molecule has 0 fully saturated rings. The molecule has 1 amide bonds. The third-order valence-corrected chi connectivity index (χ3v) is 3.85. The van der Waals surface area contributed by atoms with Crippen LogP contribution in [0.5, 0.6) is 0 Å². The van der Waals surface area contributed by atoms with Gasteiger partial charge in [0.25, 0.3) is 5.91 Å². The van der Waals surface area contributed by atoms with Crippen molar-refractivity contribution in [3.8, 4) is 0 Å². The van der Waals surface area contributed by atoms with Crippen molar-refractivity contribution in [1.29, 1.82) is 0 Å². The van der Waals surface area contributed by atoms with E-state index in [1.54, 1.807) is 18.3 Å². The standard InChI is InChI=1S/C20H17F2N3O/c1-2-25(16-6-4-3-5-7-16)19-12-14(10-11-23-19)20(26)24-15-8-9-17(21)18(22)13-15/h3-13H,2H2,1H3,(H,24,26). The topological polar surface area (TPSA) is 45.2 Å². The normalized spacial score (nSPS) is 10.4. The number of amides is 1. The predicted molar refractivity (Wildman–Crippen MR) is 97.7 cm³/mol. The first kappa shape index (κ1) is 17.5. The molecule has 0 spiro atoms. The van der Waals surface area contributed by atoms with E-state index >= 15 is 0 Å². The minimum Gasteiger partial charge on any atom is -0.327 e. The summed E-state index contributed by atoms with van der Waals surface area (Å²) in [5.74, 6) is -1.78. The second kappa shape index (κ2) is 7.74. The van der Waals surface area contributed by atoms with Crippen LogP contribution in [0.2, 0.25) is 0 Å². The molecule has 0 aliphatic carbocycles. The Kier molecular flexibility index (Phi) is 5.22. The van der Waals surface area contributed by atoms with Gasteiger partial charge in [0.2, 0.25) is 0 Å². The van der Waals surface area contributed by atoms with Crippen LogP contribution in [0.25, 0.3) is 0 Å². The van der Waals surface area contributed by atoms with E-state index in [2.05, 4.69) is 10.3 Å². The van der Waals surface area contributed by atoms with E-state index in [0.29, 0.717) is 17.9 Å². The second-order valence-electron chi connectivity index (χ2n) is 5.57. The monoisotopic (exact) mass is 353 g/mol. The number of aromatic nitrogens is 1. The molecule has 6 heteroatoms. The second-order valence-corrected chi connectivity index (χ2v) is 5.57. The quantitative estimate of drug-likeness (QED) is 0.719. The van der Waals surface area contributed by atoms with Crippen LogP contribution in [0.15, 0.2) is 66.9 Å². The molecule has 0 bridgehead atoms. The molecule has 132 valence electrons. The molecular formula is C20H17F2N3O. The molecule has 3 rings (SSSR count). The van der Waals surface area contributed by atoms with Crippen molar-refractivity contribution in [3.05, 3.63) is 84.1 Å². The van der Waals surface area contributed by atoms with E-state index in [-0.39, 0.29) is 5.69 Å². The molecule has 0 radical (unpaired) electrons. The number of para-hydroxylation sites is 1. The van der Waals surface area contributed by atoms with Gasteiger partial charge in [-0.15, -0.1) is 0 Å². The minimum absolute atomic E-state index is 0.183. The number of rotatable bonds is 5. The molecule has 4 nitrogen and oxygen atoms in total. The third-order valence-electron chi connectivity index (χ3n) is 3.85. The van der Waals surface area contributed by atoms with Crippen LogP contribution < -0.4 is 10.2 Å². The Morgan fingerprint density at radius 3 is 2.50 bits per heavy atom. The lowest BCUT2D eigenvalue weighted by molar-refractivity contribution is 0.102. The maximum Gasteiger partial charge on any atom is 0.255 e. The van der Waals surface area contributed by atoms with Gasteiger partial charge < -0.3 is 10.2 Å². The summed E-state index contributed by atoms with van der Waals surface area (Å²) >= 11 is 0. The summed E-state index contributed by atoms with van der Waals surface area (Å²) in [6, 6.07) is 16.1. The Morgan fingerprint density at radius 1 is 1.04 bits per heavy atom. The molecular weight excluding hydrogens is 336 g/mol. The van der Waals surface area contributed by atoms with Crippen molar-refractivity contribution in [3.63, 3.8) is 0 Å². The van der Waals surface area contributed by atoms with Gasteiger partial charge in [-0.2, -0.15) is 0 Å². The molecule has 0 unspecified atom stereocenters. The van der Waals surface area contributed by atoms with Gasteiger partial charge in [-0.25, -0.2) is 13.8 Å². The van der Waals surface area contributed by atoms with Gasteiger partial charge >= 0.3 is 0 Å². The molecule has 0 saturated heterocycles. The zero-order chi connectivity index (χ0) is 18.5. The average Bonchev–Trinajstić information content (AvgIpc) is 2.66. The van der Waals surface area contributed by atoms with Crippen molar-refractivity contribution in [1.82, 2.24) is 4.98 Å². The Labute approximate surface area is 150 Å². The van der Waals surface area contributed by atoms with Gasteiger partial charge in [0.05, 0.1) is 0 Å². The molecule has 0 aliphatic heterocycles. The zero-order valence-electron chi connectivity index (χ0n) is 14.1. The van der Waals surface area contributed by atoms with Crippen LogP contribution >= 0.6 is 0 Å². The van der Waals surface area contributed by atoms with Crippen LogP contribution in [0.3, 0.4) is 0 Å². The van der Waals surface area contributed by atoms with Crippen LogP contribution in [-0.4, -0.2) is 17.4 Å². The van der Waals surface area contributed by atoms with Crippen LogP contribution in [-0.2, 0) is 0 Å². The number of nitrogens with zero attached hydrogens (tertiary/aromatic N) is 2. The fourth-order valence-electron chi connectivity index (χ4n) is 2.57. The Balaban J connectivity index is 1.84. The first-order valence-electron chi connectivity index (χ1n) is 8.13. The van der Waals surface area contributed by atoms with Gasteiger partial charge in [-0.05, 0) is 43.3 Å². The fraction of sp³-hybridized carbons (Fsp3) is 0.100. The van der Waals surface area contributed by atoms with Crippen LogP contribution in [0.1, 0.15) is 17.3 Å². The first-order valence-corrected chi connectivity index (χ1v) is 8.13. The summed E-state index contributed by atoms with van der Waals surface area (Å²) in [4.78, 5) is 18.7. The van der Waals surface area contributed by atoms with Crippen molar-refractivity contribution in [2.75, 3.05) is 16.8 Å². The smallest absolute Gasteiger partial charge is 0.255 e. The molecule has 1 aromatic heterocycles. The lowest BCUT2D eigenvalue weighted by atomic mass is 10.2. The van der Waals surface area contributed by atoms with Gasteiger partial charge in [0.1, 0.15) is 5.82 Å². The van der Waals surface area contributed by atoms with E-state index in [1.165, 1.54) is 6.07 Å². The number of carbonyl (C=O) groups is 1. The van der Waals surface area contributed by atoms with E-state index < -0.39 is 17.5 Å². The number of benzene rings is 2. The highest BCUT2D eigenvalue weighted by molar-refractivity contribution is 6.04. The van der Waals surface area contributed by atoms with Gasteiger partial charge in [-0.3, -0.25) is 4.79 Å². The third kappa shape index (κ3) is 3.85. The van der Waals surface area contributed by atoms with E-state index in [0.717, 1.165) is 17.8 Å². The molecule has 3 aromatic rings. The summed E-state index contributed by atoms with van der Waals surface area (Å²) in [5.41, 5.74) is 1.51. The molecule has 0 aliphatic rings. The highest BCUT2D eigenvalue weighted by Gasteiger charge is 2.13. The molecule has 26 heavy (non-hydrogen) atoms. The van der Waals surface area contributed by atoms with Crippen molar-refractivity contribution in [2.45, 2.75) is 6.92 Å². The van der Waals surface area contributed by atoms with Gasteiger partial charge in [0, 0.05) is 35.7 Å². The van der Waals surface area contributed by atoms with Gasteiger partial charge in [-0.1, -0.05) is 18.2 Å². The van der Waals surface area contributed by atoms with Crippen LogP contribution in [0.4, 0.5) is 26.0 Å². The molecule has 0 atom stereocenters. The number of hydrogen-bond acceptors (Lipinski definition) is 3. The molecule has 1 heterocycles. The number of anilines is 3. The summed E-state index contributed by atoms with van der Waals surface area (Å²) in [5, 5.41) is 2.56. The van der Waals surface area contributed by atoms with E-state index in [1.807, 2.05) is 42.2 Å². The Bertz CT molecular complexity index is 916. The maximum absolute atomic E-state index is 13.3. The highest BCUT2D eigenvalue weighted by atomic mass is 19.2. The molecule has 0 saturated carbocycles. The number of pyridine rings is 1. The lowest BCUT2D eigenvalue weighted by Gasteiger charge is -2.22. The SMILES string of the molecule is CCN(c1ccccc1)c1cc(C(=O)Nc2ccc(F)c(F)c2)ccn1. The number of hydrogen-bond donors (Lipinski definition) is 1. The van der Waals surface area contributed by atoms with Crippen molar-refractivity contribution < 1.29 is 13.6 Å². The van der Waals surface area contributed by atoms with E-state index in [4.69, 9.17) is 0 Å². The van der Waals surface area contributed by atoms with Crippen LogP contribution in [0, 0.1) is 11.6 Å². The van der Waals surface area contributed by atoms with Gasteiger partial charge in [0.15, 0.2) is 11.6 Å². The highest BCUT2D eigenvalue weighted by Crippen LogP contribution is 2.24. The van der Waals surface area contributed by atoms with E-state index in [9.17, 15) is 13.6 Å². The first-order chi connectivity index (χ1) is 12.6.